The number of methoxy groups -OCH3 is 2. The van der Waals surface area contributed by atoms with Gasteiger partial charge in [0.25, 0.3) is 5.91 Å². The van der Waals surface area contributed by atoms with Crippen molar-refractivity contribution in [1.82, 2.24) is 20.0 Å². The average Bonchev–Trinajstić information content (AvgIpc) is 3.44. The Morgan fingerprint density at radius 3 is 2.05 bits per heavy atom. The van der Waals surface area contributed by atoms with Crippen LogP contribution in [0.4, 0.5) is 0 Å². The zero-order chi connectivity index (χ0) is 25.8. The number of hydrogen-bond acceptors (Lipinski definition) is 7. The van der Waals surface area contributed by atoms with Gasteiger partial charge in [-0.2, -0.15) is 0 Å². The molecule has 1 saturated heterocycles. The number of piperazine rings is 1. The molecule has 37 heavy (non-hydrogen) atoms. The van der Waals surface area contributed by atoms with E-state index in [1.54, 1.807) is 14.2 Å². The first-order valence-corrected chi connectivity index (χ1v) is 12.3. The van der Waals surface area contributed by atoms with Crippen LogP contribution in [0.1, 0.15) is 21.5 Å². The van der Waals surface area contributed by atoms with Gasteiger partial charge in [-0.15, -0.1) is 10.2 Å². The van der Waals surface area contributed by atoms with E-state index in [1.807, 2.05) is 78.6 Å². The molecule has 4 aromatic rings. The van der Waals surface area contributed by atoms with Crippen LogP contribution in [-0.4, -0.2) is 66.3 Å². The minimum absolute atomic E-state index is 0.0241. The van der Waals surface area contributed by atoms with Crippen LogP contribution in [0, 0.1) is 6.92 Å². The maximum atomic E-state index is 13.1. The molecule has 3 aromatic carbocycles. The molecule has 1 amide bonds. The number of aryl methyl sites for hydroxylation is 1. The van der Waals surface area contributed by atoms with E-state index in [2.05, 4.69) is 15.1 Å². The van der Waals surface area contributed by atoms with Crippen molar-refractivity contribution in [3.63, 3.8) is 0 Å². The number of amides is 1. The summed E-state index contributed by atoms with van der Waals surface area (Å²) in [6, 6.07) is 21.1. The molecule has 0 atom stereocenters. The fraction of sp³-hybridized carbons (Fsp3) is 0.276. The predicted octanol–water partition coefficient (Wildman–Crippen LogP) is 4.69. The minimum atomic E-state index is 0.0241. The Morgan fingerprint density at radius 1 is 0.838 bits per heavy atom. The van der Waals surface area contributed by atoms with Crippen LogP contribution in [0.15, 0.2) is 71.1 Å². The quantitative estimate of drug-likeness (QED) is 0.366. The Kier molecular flexibility index (Phi) is 7.18. The lowest BCUT2D eigenvalue weighted by Crippen LogP contribution is -2.48. The van der Waals surface area contributed by atoms with E-state index in [1.165, 1.54) is 5.56 Å². The van der Waals surface area contributed by atoms with Gasteiger partial charge in [0.1, 0.15) is 11.5 Å². The summed E-state index contributed by atoms with van der Waals surface area (Å²) < 4.78 is 16.7. The highest BCUT2D eigenvalue weighted by Gasteiger charge is 2.23. The van der Waals surface area contributed by atoms with E-state index in [0.717, 1.165) is 47.8 Å². The van der Waals surface area contributed by atoms with Crippen LogP contribution < -0.4 is 9.47 Å². The van der Waals surface area contributed by atoms with Gasteiger partial charge in [0, 0.05) is 55.0 Å². The van der Waals surface area contributed by atoms with Crippen LogP contribution in [0.5, 0.6) is 11.5 Å². The zero-order valence-corrected chi connectivity index (χ0v) is 21.3. The van der Waals surface area contributed by atoms with Crippen molar-refractivity contribution in [3.05, 3.63) is 83.4 Å². The number of ether oxygens (including phenoxy) is 2. The Morgan fingerprint density at radius 2 is 1.46 bits per heavy atom. The summed E-state index contributed by atoms with van der Waals surface area (Å²) in [7, 11) is 3.34. The summed E-state index contributed by atoms with van der Waals surface area (Å²) in [5, 5.41) is 8.35. The van der Waals surface area contributed by atoms with Gasteiger partial charge < -0.3 is 18.8 Å². The Labute approximate surface area is 216 Å². The van der Waals surface area contributed by atoms with Gasteiger partial charge in [0.05, 0.1) is 14.2 Å². The second kappa shape index (κ2) is 10.8. The van der Waals surface area contributed by atoms with Gasteiger partial charge >= 0.3 is 0 Å². The van der Waals surface area contributed by atoms with Crippen molar-refractivity contribution in [3.8, 4) is 34.4 Å². The first-order chi connectivity index (χ1) is 18.0. The number of nitrogens with zero attached hydrogens (tertiary/aromatic N) is 4. The number of benzene rings is 3. The Hall–Kier alpha value is -4.17. The molecule has 0 bridgehead atoms. The molecule has 0 unspecified atom stereocenters. The maximum absolute atomic E-state index is 13.1. The van der Waals surface area contributed by atoms with Crippen molar-refractivity contribution >= 4 is 5.91 Å². The third kappa shape index (κ3) is 5.49. The van der Waals surface area contributed by atoms with Crippen molar-refractivity contribution in [2.75, 3.05) is 40.4 Å². The van der Waals surface area contributed by atoms with Crippen LogP contribution in [0.25, 0.3) is 22.9 Å². The predicted molar refractivity (Wildman–Crippen MR) is 141 cm³/mol. The van der Waals surface area contributed by atoms with Crippen molar-refractivity contribution in [1.29, 1.82) is 0 Å². The normalized spacial score (nSPS) is 14.0. The Bertz CT molecular complexity index is 1360. The first-order valence-electron chi connectivity index (χ1n) is 12.3. The van der Waals surface area contributed by atoms with Crippen LogP contribution >= 0.6 is 0 Å². The minimum Gasteiger partial charge on any atom is -0.497 e. The zero-order valence-electron chi connectivity index (χ0n) is 21.3. The summed E-state index contributed by atoms with van der Waals surface area (Å²) in [5.74, 6) is 2.57. The standard InChI is InChI=1S/C29H30N4O4/c1-20-4-6-21(7-5-20)27-30-31-28(37-27)22-8-10-23(11-9-22)29(34)33-16-14-32(15-17-33)19-24-18-25(35-2)12-13-26(24)36-3/h4-13,18H,14-17,19H2,1-3H3. The topological polar surface area (TPSA) is 80.9 Å². The van der Waals surface area contributed by atoms with Gasteiger partial charge in [0.2, 0.25) is 11.8 Å². The lowest BCUT2D eigenvalue weighted by atomic mass is 10.1. The van der Waals surface area contributed by atoms with Crippen LogP contribution in [-0.2, 0) is 6.54 Å². The largest absolute Gasteiger partial charge is 0.497 e. The van der Waals surface area contributed by atoms with Gasteiger partial charge in [-0.25, -0.2) is 0 Å². The second-order valence-electron chi connectivity index (χ2n) is 9.10. The highest BCUT2D eigenvalue weighted by molar-refractivity contribution is 5.94. The monoisotopic (exact) mass is 498 g/mol. The fourth-order valence-corrected chi connectivity index (χ4v) is 4.45. The molecule has 0 radical (unpaired) electrons. The van der Waals surface area contributed by atoms with E-state index in [0.29, 0.717) is 30.4 Å². The second-order valence-corrected chi connectivity index (χ2v) is 9.10. The molecular weight excluding hydrogens is 468 g/mol. The van der Waals surface area contributed by atoms with E-state index in [9.17, 15) is 4.79 Å². The number of carbonyl (C=O) groups is 1. The van der Waals surface area contributed by atoms with Gasteiger partial charge in [-0.3, -0.25) is 9.69 Å². The third-order valence-corrected chi connectivity index (χ3v) is 6.64. The van der Waals surface area contributed by atoms with Gasteiger partial charge in [-0.1, -0.05) is 17.7 Å². The van der Waals surface area contributed by atoms with Crippen molar-refractivity contribution < 1.29 is 18.7 Å². The molecule has 1 aliphatic heterocycles. The fourth-order valence-electron chi connectivity index (χ4n) is 4.45. The van der Waals surface area contributed by atoms with E-state index in [-0.39, 0.29) is 5.91 Å². The molecule has 1 fully saturated rings. The Balaban J connectivity index is 1.19. The summed E-state index contributed by atoms with van der Waals surface area (Å²) in [5.41, 5.74) is 4.54. The highest BCUT2D eigenvalue weighted by atomic mass is 16.5. The summed E-state index contributed by atoms with van der Waals surface area (Å²) >= 11 is 0. The molecule has 0 aliphatic carbocycles. The molecule has 0 saturated carbocycles. The van der Waals surface area contributed by atoms with Crippen molar-refractivity contribution in [2.45, 2.75) is 13.5 Å². The van der Waals surface area contributed by atoms with Crippen LogP contribution in [0.3, 0.4) is 0 Å². The SMILES string of the molecule is COc1ccc(OC)c(CN2CCN(C(=O)c3ccc(-c4nnc(-c5ccc(C)cc5)o4)cc3)CC2)c1. The smallest absolute Gasteiger partial charge is 0.253 e. The molecule has 8 heteroatoms. The molecule has 1 aromatic heterocycles. The lowest BCUT2D eigenvalue weighted by molar-refractivity contribution is 0.0627. The average molecular weight is 499 g/mol. The van der Waals surface area contributed by atoms with E-state index >= 15 is 0 Å². The molecule has 0 spiro atoms. The van der Waals surface area contributed by atoms with Crippen LogP contribution in [0.2, 0.25) is 0 Å². The van der Waals surface area contributed by atoms with Gasteiger partial charge in [0.15, 0.2) is 0 Å². The highest BCUT2D eigenvalue weighted by Crippen LogP contribution is 2.27. The van der Waals surface area contributed by atoms with E-state index < -0.39 is 0 Å². The molecule has 1 aliphatic rings. The molecule has 2 heterocycles. The third-order valence-electron chi connectivity index (χ3n) is 6.64. The van der Waals surface area contributed by atoms with Gasteiger partial charge in [-0.05, 0) is 61.5 Å². The molecule has 0 N–H and O–H groups in total. The lowest BCUT2D eigenvalue weighted by Gasteiger charge is -2.35. The maximum Gasteiger partial charge on any atom is 0.253 e. The molecular formula is C29H30N4O4. The molecule has 8 nitrogen and oxygen atoms in total. The number of rotatable bonds is 7. The molecule has 5 rings (SSSR count). The van der Waals surface area contributed by atoms with E-state index in [4.69, 9.17) is 13.9 Å². The first kappa shape index (κ1) is 24.5. The summed E-state index contributed by atoms with van der Waals surface area (Å²) in [4.78, 5) is 17.4. The number of hydrogen-bond donors (Lipinski definition) is 0. The number of aromatic nitrogens is 2. The number of carbonyl (C=O) groups excluding carboxylic acids is 1. The summed E-state index contributed by atoms with van der Waals surface area (Å²) in [6.07, 6.45) is 0. The summed E-state index contributed by atoms with van der Waals surface area (Å²) in [6.45, 7) is 5.67. The van der Waals surface area contributed by atoms with Crippen molar-refractivity contribution in [2.24, 2.45) is 0 Å². The molecule has 190 valence electrons.